The van der Waals surface area contributed by atoms with Gasteiger partial charge >= 0.3 is 12.3 Å². The molecule has 20 heavy (non-hydrogen) atoms. The number of nitrogens with two attached hydrogens (primary N) is 1. The van der Waals surface area contributed by atoms with Crippen molar-refractivity contribution in [2.45, 2.75) is 12.3 Å². The molecular formula is C12H15F4N3O. The van der Waals surface area contributed by atoms with Gasteiger partial charge in [-0.25, -0.2) is 8.78 Å². The topological polar surface area (TPSA) is 58.4 Å². The number of carbonyl (C=O) groups excluding carboxylic acids is 1. The molecule has 3 N–H and O–H groups in total. The maximum absolute atomic E-state index is 12.8. The Kier molecular flexibility index (Phi) is 4.80. The van der Waals surface area contributed by atoms with Gasteiger partial charge in [0.2, 0.25) is 0 Å². The van der Waals surface area contributed by atoms with E-state index in [2.05, 4.69) is 5.32 Å². The average molecular weight is 293 g/mol. The van der Waals surface area contributed by atoms with Crippen molar-refractivity contribution in [3.63, 3.8) is 0 Å². The summed E-state index contributed by atoms with van der Waals surface area (Å²) in [7, 11) is 3.10. The Labute approximate surface area is 113 Å². The van der Waals surface area contributed by atoms with Crippen molar-refractivity contribution in [1.29, 1.82) is 0 Å². The summed E-state index contributed by atoms with van der Waals surface area (Å²) < 4.78 is 49.5. The zero-order valence-corrected chi connectivity index (χ0v) is 11.0. The summed E-state index contributed by atoms with van der Waals surface area (Å²) in [5.41, 5.74) is 5.98. The minimum Gasteiger partial charge on any atom is -0.397 e. The fourth-order valence-electron chi connectivity index (χ4n) is 1.41. The SMILES string of the molecule is CN(C)C(=O)c1ccc(NCC(F)(F)C(F)F)c(N)c1. The zero-order chi connectivity index (χ0) is 15.5. The summed E-state index contributed by atoms with van der Waals surface area (Å²) in [4.78, 5) is 13.0. The second-order valence-corrected chi connectivity index (χ2v) is 4.42. The Bertz CT molecular complexity index is 492. The third-order valence-electron chi connectivity index (χ3n) is 2.54. The third kappa shape index (κ3) is 3.75. The van der Waals surface area contributed by atoms with E-state index in [1.54, 1.807) is 14.1 Å². The van der Waals surface area contributed by atoms with Gasteiger partial charge in [0.15, 0.2) is 0 Å². The maximum Gasteiger partial charge on any atom is 0.324 e. The molecule has 0 aromatic heterocycles. The van der Waals surface area contributed by atoms with E-state index >= 15 is 0 Å². The molecule has 0 aliphatic rings. The quantitative estimate of drug-likeness (QED) is 0.647. The highest BCUT2D eigenvalue weighted by Crippen LogP contribution is 2.26. The fraction of sp³-hybridized carbons (Fsp3) is 0.417. The van der Waals surface area contributed by atoms with Gasteiger partial charge in [-0.2, -0.15) is 8.78 Å². The number of carbonyl (C=O) groups is 1. The van der Waals surface area contributed by atoms with Gasteiger partial charge in [0.25, 0.3) is 5.91 Å². The first-order valence-electron chi connectivity index (χ1n) is 5.66. The minimum atomic E-state index is -4.15. The van der Waals surface area contributed by atoms with E-state index in [9.17, 15) is 22.4 Å². The normalized spacial score (nSPS) is 11.6. The second-order valence-electron chi connectivity index (χ2n) is 4.42. The van der Waals surface area contributed by atoms with Crippen molar-refractivity contribution >= 4 is 17.3 Å². The summed E-state index contributed by atoms with van der Waals surface area (Å²) in [5, 5.41) is 2.15. The van der Waals surface area contributed by atoms with Crippen molar-refractivity contribution in [3.05, 3.63) is 23.8 Å². The molecule has 1 amide bonds. The predicted octanol–water partition coefficient (Wildman–Crippen LogP) is 2.28. The van der Waals surface area contributed by atoms with Gasteiger partial charge in [0.05, 0.1) is 17.9 Å². The number of nitrogens with zero attached hydrogens (tertiary/aromatic N) is 1. The summed E-state index contributed by atoms with van der Waals surface area (Å²) in [6, 6.07) is 3.97. The molecule has 0 spiro atoms. The highest BCUT2D eigenvalue weighted by Gasteiger charge is 2.40. The molecule has 0 heterocycles. The van der Waals surface area contributed by atoms with Crippen LogP contribution in [0.1, 0.15) is 10.4 Å². The van der Waals surface area contributed by atoms with Crippen LogP contribution in [0.5, 0.6) is 0 Å². The molecule has 0 fully saturated rings. The molecule has 4 nitrogen and oxygen atoms in total. The summed E-state index contributed by atoms with van der Waals surface area (Å²) >= 11 is 0. The first kappa shape index (κ1) is 16.1. The van der Waals surface area contributed by atoms with Crippen LogP contribution in [0.3, 0.4) is 0 Å². The molecular weight excluding hydrogens is 278 g/mol. The Morgan fingerprint density at radius 2 is 2.00 bits per heavy atom. The molecule has 112 valence electrons. The Morgan fingerprint density at radius 1 is 1.40 bits per heavy atom. The molecule has 0 atom stereocenters. The van der Waals surface area contributed by atoms with Crippen LogP contribution in [0.15, 0.2) is 18.2 Å². The van der Waals surface area contributed by atoms with E-state index < -0.39 is 18.9 Å². The molecule has 1 rings (SSSR count). The molecule has 0 aliphatic heterocycles. The lowest BCUT2D eigenvalue weighted by molar-refractivity contribution is -0.117. The van der Waals surface area contributed by atoms with Crippen LogP contribution in [0.25, 0.3) is 0 Å². The standard InChI is InChI=1S/C12H15F4N3O/c1-19(2)10(20)7-3-4-9(8(17)5-7)18-6-12(15,16)11(13)14/h3-5,11,18H,6,17H2,1-2H3. The number of halogens is 4. The van der Waals surface area contributed by atoms with Crippen molar-refractivity contribution in [2.24, 2.45) is 0 Å². The van der Waals surface area contributed by atoms with Gasteiger partial charge in [0, 0.05) is 19.7 Å². The highest BCUT2D eigenvalue weighted by atomic mass is 19.3. The molecule has 0 radical (unpaired) electrons. The number of amides is 1. The van der Waals surface area contributed by atoms with E-state index in [1.165, 1.54) is 23.1 Å². The lowest BCUT2D eigenvalue weighted by Gasteiger charge is -2.18. The molecule has 0 saturated heterocycles. The summed E-state index contributed by atoms with van der Waals surface area (Å²) in [6.07, 6.45) is -3.76. The molecule has 8 heteroatoms. The van der Waals surface area contributed by atoms with E-state index in [4.69, 9.17) is 5.73 Å². The minimum absolute atomic E-state index is 0.0303. The highest BCUT2D eigenvalue weighted by molar-refractivity contribution is 5.95. The van der Waals surface area contributed by atoms with Crippen LogP contribution >= 0.6 is 0 Å². The number of benzene rings is 1. The van der Waals surface area contributed by atoms with Crippen molar-refractivity contribution < 1.29 is 22.4 Å². The van der Waals surface area contributed by atoms with Gasteiger partial charge < -0.3 is 16.0 Å². The smallest absolute Gasteiger partial charge is 0.324 e. The average Bonchev–Trinajstić information content (AvgIpc) is 2.36. The molecule has 0 unspecified atom stereocenters. The molecule has 1 aromatic rings. The monoisotopic (exact) mass is 293 g/mol. The van der Waals surface area contributed by atoms with Crippen LogP contribution in [0.2, 0.25) is 0 Å². The first-order chi connectivity index (χ1) is 9.15. The van der Waals surface area contributed by atoms with E-state index in [0.29, 0.717) is 0 Å². The number of hydrogen-bond acceptors (Lipinski definition) is 3. The predicted molar refractivity (Wildman–Crippen MR) is 68.3 cm³/mol. The number of hydrogen-bond donors (Lipinski definition) is 2. The third-order valence-corrected chi connectivity index (χ3v) is 2.54. The number of nitrogens with one attached hydrogen (secondary N) is 1. The van der Waals surface area contributed by atoms with Crippen molar-refractivity contribution in [1.82, 2.24) is 4.90 Å². The van der Waals surface area contributed by atoms with Crippen LogP contribution < -0.4 is 11.1 Å². The van der Waals surface area contributed by atoms with Crippen LogP contribution in [-0.4, -0.2) is 43.8 Å². The van der Waals surface area contributed by atoms with Crippen molar-refractivity contribution in [3.8, 4) is 0 Å². The van der Waals surface area contributed by atoms with Gasteiger partial charge in [0.1, 0.15) is 0 Å². The van der Waals surface area contributed by atoms with Crippen molar-refractivity contribution in [2.75, 3.05) is 31.7 Å². The molecule has 0 aliphatic carbocycles. The summed E-state index contributed by atoms with van der Waals surface area (Å²) in [6.45, 7) is -1.24. The molecule has 0 saturated carbocycles. The molecule has 1 aromatic carbocycles. The van der Waals surface area contributed by atoms with E-state index in [-0.39, 0.29) is 22.8 Å². The van der Waals surface area contributed by atoms with Gasteiger partial charge in [-0.3, -0.25) is 4.79 Å². The van der Waals surface area contributed by atoms with Gasteiger partial charge in [-0.15, -0.1) is 0 Å². The van der Waals surface area contributed by atoms with Crippen LogP contribution in [-0.2, 0) is 0 Å². The Balaban J connectivity index is 2.82. The Hall–Kier alpha value is -1.99. The zero-order valence-electron chi connectivity index (χ0n) is 11.0. The van der Waals surface area contributed by atoms with Crippen LogP contribution in [0.4, 0.5) is 28.9 Å². The van der Waals surface area contributed by atoms with Gasteiger partial charge in [-0.05, 0) is 18.2 Å². The maximum atomic E-state index is 12.8. The summed E-state index contributed by atoms with van der Waals surface area (Å²) in [5.74, 6) is -4.45. The number of rotatable bonds is 5. The van der Waals surface area contributed by atoms with Gasteiger partial charge in [-0.1, -0.05) is 0 Å². The Morgan fingerprint density at radius 3 is 2.45 bits per heavy atom. The lowest BCUT2D eigenvalue weighted by Crippen LogP contribution is -2.35. The first-order valence-corrected chi connectivity index (χ1v) is 5.66. The van der Waals surface area contributed by atoms with E-state index in [1.807, 2.05) is 0 Å². The second kappa shape index (κ2) is 5.98. The largest absolute Gasteiger partial charge is 0.397 e. The fourth-order valence-corrected chi connectivity index (χ4v) is 1.41. The lowest BCUT2D eigenvalue weighted by atomic mass is 10.1. The number of nitrogen functional groups attached to an aromatic ring is 1. The van der Waals surface area contributed by atoms with Crippen LogP contribution in [0, 0.1) is 0 Å². The molecule has 0 bridgehead atoms. The number of alkyl halides is 4. The number of anilines is 2. The van der Waals surface area contributed by atoms with E-state index in [0.717, 1.165) is 0 Å².